The third-order valence-corrected chi connectivity index (χ3v) is 4.62. The monoisotopic (exact) mass is 394 g/mol. The lowest BCUT2D eigenvalue weighted by molar-refractivity contribution is -0.488. The highest BCUT2D eigenvalue weighted by atomic mass is 16.6. The van der Waals surface area contributed by atoms with Crippen molar-refractivity contribution in [1.82, 2.24) is 4.90 Å². The summed E-state index contributed by atoms with van der Waals surface area (Å²) in [6, 6.07) is 4.43. The number of ether oxygens (including phenoxy) is 3. The van der Waals surface area contributed by atoms with Crippen molar-refractivity contribution in [2.45, 2.75) is 32.7 Å². The van der Waals surface area contributed by atoms with Crippen molar-refractivity contribution in [3.8, 4) is 11.5 Å². The van der Waals surface area contributed by atoms with Gasteiger partial charge in [-0.15, -0.1) is 0 Å². The van der Waals surface area contributed by atoms with Crippen LogP contribution in [0.15, 0.2) is 18.2 Å². The SMILES string of the molecule is COc1cccc(OC)c1C1COC(=O)N1C(=O)CC(CC(C)C)C[N+](=O)[O-]. The fourth-order valence-electron chi connectivity index (χ4n) is 3.56. The third-order valence-electron chi connectivity index (χ3n) is 4.62. The molecule has 1 aromatic carbocycles. The van der Waals surface area contributed by atoms with Gasteiger partial charge in [0.25, 0.3) is 0 Å². The van der Waals surface area contributed by atoms with Crippen molar-refractivity contribution >= 4 is 12.0 Å². The quantitative estimate of drug-likeness (QED) is 0.468. The summed E-state index contributed by atoms with van der Waals surface area (Å²) in [6.45, 7) is 3.51. The third kappa shape index (κ3) is 4.90. The number of benzene rings is 1. The highest BCUT2D eigenvalue weighted by Crippen LogP contribution is 2.40. The van der Waals surface area contributed by atoms with Crippen LogP contribution in [0.25, 0.3) is 0 Å². The first-order chi connectivity index (χ1) is 13.3. The molecule has 1 saturated heterocycles. The van der Waals surface area contributed by atoms with E-state index in [0.29, 0.717) is 23.5 Å². The molecule has 0 aromatic heterocycles. The molecule has 9 heteroatoms. The van der Waals surface area contributed by atoms with Crippen LogP contribution in [0.1, 0.15) is 38.3 Å². The van der Waals surface area contributed by atoms with Crippen molar-refractivity contribution in [2.24, 2.45) is 11.8 Å². The maximum Gasteiger partial charge on any atom is 0.417 e. The zero-order chi connectivity index (χ0) is 20.8. The minimum Gasteiger partial charge on any atom is -0.496 e. The second-order valence-corrected chi connectivity index (χ2v) is 7.15. The van der Waals surface area contributed by atoms with Crippen LogP contribution in [0, 0.1) is 22.0 Å². The smallest absolute Gasteiger partial charge is 0.417 e. The molecule has 1 aliphatic rings. The van der Waals surface area contributed by atoms with Crippen molar-refractivity contribution in [3.63, 3.8) is 0 Å². The minimum atomic E-state index is -0.771. The molecule has 1 heterocycles. The maximum atomic E-state index is 12.9. The fraction of sp³-hybridized carbons (Fsp3) is 0.579. The molecule has 0 aliphatic carbocycles. The second-order valence-electron chi connectivity index (χ2n) is 7.15. The second kappa shape index (κ2) is 9.38. The molecule has 0 saturated carbocycles. The Kier molecular flexibility index (Phi) is 7.19. The number of nitro groups is 1. The van der Waals surface area contributed by atoms with Gasteiger partial charge in [0.05, 0.1) is 19.8 Å². The van der Waals surface area contributed by atoms with Crippen LogP contribution >= 0.6 is 0 Å². The van der Waals surface area contributed by atoms with E-state index in [4.69, 9.17) is 14.2 Å². The first-order valence-corrected chi connectivity index (χ1v) is 9.09. The summed E-state index contributed by atoms with van der Waals surface area (Å²) in [4.78, 5) is 36.8. The van der Waals surface area contributed by atoms with Gasteiger partial charge in [0, 0.05) is 17.3 Å². The number of hydrogen-bond donors (Lipinski definition) is 0. The number of carbonyl (C=O) groups is 2. The summed E-state index contributed by atoms with van der Waals surface area (Å²) in [6.07, 6.45) is -0.368. The van der Waals surface area contributed by atoms with Crippen molar-refractivity contribution in [3.05, 3.63) is 33.9 Å². The summed E-state index contributed by atoms with van der Waals surface area (Å²) in [5.41, 5.74) is 0.529. The Bertz CT molecular complexity index is 713. The van der Waals surface area contributed by atoms with E-state index in [1.165, 1.54) is 14.2 Å². The van der Waals surface area contributed by atoms with Crippen molar-refractivity contribution in [2.75, 3.05) is 27.4 Å². The summed E-state index contributed by atoms with van der Waals surface area (Å²) in [5, 5.41) is 11.0. The van der Waals surface area contributed by atoms with Gasteiger partial charge in [0.1, 0.15) is 24.1 Å². The number of imide groups is 1. The number of amides is 2. The molecule has 28 heavy (non-hydrogen) atoms. The Morgan fingerprint density at radius 3 is 2.43 bits per heavy atom. The molecule has 2 atom stereocenters. The van der Waals surface area contributed by atoms with Crippen molar-refractivity contribution < 1.29 is 28.7 Å². The summed E-state index contributed by atoms with van der Waals surface area (Å²) in [7, 11) is 2.97. The molecule has 2 amide bonds. The summed E-state index contributed by atoms with van der Waals surface area (Å²) < 4.78 is 15.9. The van der Waals surface area contributed by atoms with E-state index >= 15 is 0 Å². The minimum absolute atomic E-state index is 0.0363. The zero-order valence-corrected chi connectivity index (χ0v) is 16.5. The molecule has 2 rings (SSSR count). The maximum absolute atomic E-state index is 12.9. The van der Waals surface area contributed by atoms with E-state index in [2.05, 4.69) is 0 Å². The number of hydrogen-bond acceptors (Lipinski definition) is 7. The number of rotatable bonds is 9. The van der Waals surface area contributed by atoms with Crippen LogP contribution in [-0.4, -0.2) is 49.2 Å². The number of carbonyl (C=O) groups excluding carboxylic acids is 2. The van der Waals surface area contributed by atoms with E-state index in [-0.39, 0.29) is 25.5 Å². The predicted molar refractivity (Wildman–Crippen MR) is 99.9 cm³/mol. The first-order valence-electron chi connectivity index (χ1n) is 9.09. The number of cyclic esters (lactones) is 1. The molecule has 154 valence electrons. The van der Waals surface area contributed by atoms with Gasteiger partial charge in [-0.05, 0) is 24.5 Å². The molecule has 1 aromatic rings. The van der Waals surface area contributed by atoms with Gasteiger partial charge in [0.2, 0.25) is 12.5 Å². The lowest BCUT2D eigenvalue weighted by Gasteiger charge is -2.24. The largest absolute Gasteiger partial charge is 0.496 e. The molecule has 0 bridgehead atoms. The Hall–Kier alpha value is -2.84. The predicted octanol–water partition coefficient (Wildman–Crippen LogP) is 3.05. The normalized spacial score (nSPS) is 17.4. The lowest BCUT2D eigenvalue weighted by Crippen LogP contribution is -2.36. The van der Waals surface area contributed by atoms with E-state index in [1.54, 1.807) is 18.2 Å². The Balaban J connectivity index is 2.31. The molecule has 1 aliphatic heterocycles. The van der Waals surface area contributed by atoms with E-state index in [0.717, 1.165) is 4.90 Å². The standard InChI is InChI=1S/C19H26N2O7/c1-12(2)8-13(10-20(24)25)9-17(22)21-14(11-28-19(21)23)18-15(26-3)6-5-7-16(18)27-4/h5-7,12-14H,8-11H2,1-4H3. The Morgan fingerprint density at radius 2 is 1.93 bits per heavy atom. The topological polar surface area (TPSA) is 108 Å². The molecular weight excluding hydrogens is 368 g/mol. The molecular formula is C19H26N2O7. The van der Waals surface area contributed by atoms with E-state index in [9.17, 15) is 19.7 Å². The van der Waals surface area contributed by atoms with Crippen LogP contribution in [0.3, 0.4) is 0 Å². The molecule has 9 nitrogen and oxygen atoms in total. The highest BCUT2D eigenvalue weighted by molar-refractivity contribution is 5.94. The average Bonchev–Trinajstić information content (AvgIpc) is 3.00. The van der Waals surface area contributed by atoms with Crippen LogP contribution < -0.4 is 9.47 Å². The molecule has 1 fully saturated rings. The van der Waals surface area contributed by atoms with Gasteiger partial charge in [-0.3, -0.25) is 14.9 Å². The number of methoxy groups -OCH3 is 2. The van der Waals surface area contributed by atoms with Gasteiger partial charge < -0.3 is 14.2 Å². The van der Waals surface area contributed by atoms with E-state index < -0.39 is 28.9 Å². The van der Waals surface area contributed by atoms with Crippen LogP contribution in [0.5, 0.6) is 11.5 Å². The van der Waals surface area contributed by atoms with Crippen LogP contribution in [0.2, 0.25) is 0 Å². The van der Waals surface area contributed by atoms with E-state index in [1.807, 2.05) is 13.8 Å². The average molecular weight is 394 g/mol. The molecule has 0 radical (unpaired) electrons. The molecule has 0 spiro atoms. The van der Waals surface area contributed by atoms with Crippen molar-refractivity contribution in [1.29, 1.82) is 0 Å². The summed E-state index contributed by atoms with van der Waals surface area (Å²) >= 11 is 0. The highest BCUT2D eigenvalue weighted by Gasteiger charge is 2.42. The van der Waals surface area contributed by atoms with Gasteiger partial charge in [0.15, 0.2) is 0 Å². The zero-order valence-electron chi connectivity index (χ0n) is 16.5. The van der Waals surface area contributed by atoms with Crippen LogP contribution in [-0.2, 0) is 9.53 Å². The van der Waals surface area contributed by atoms with Gasteiger partial charge in [-0.25, -0.2) is 9.69 Å². The molecule has 0 N–H and O–H groups in total. The van der Waals surface area contributed by atoms with Gasteiger partial charge in [-0.2, -0.15) is 0 Å². The number of nitrogens with zero attached hydrogens (tertiary/aromatic N) is 2. The Morgan fingerprint density at radius 1 is 1.32 bits per heavy atom. The fourth-order valence-corrected chi connectivity index (χ4v) is 3.56. The van der Waals surface area contributed by atoms with Gasteiger partial charge >= 0.3 is 6.09 Å². The Labute approximate surface area is 163 Å². The lowest BCUT2D eigenvalue weighted by atomic mass is 9.93. The molecule has 2 unspecified atom stereocenters. The van der Waals surface area contributed by atoms with Crippen LogP contribution in [0.4, 0.5) is 4.79 Å². The van der Waals surface area contributed by atoms with Gasteiger partial charge in [-0.1, -0.05) is 19.9 Å². The summed E-state index contributed by atoms with van der Waals surface area (Å²) in [5.74, 6) is 0.145. The first kappa shape index (κ1) is 21.5.